The second kappa shape index (κ2) is 6.11. The molecule has 0 aromatic carbocycles. The van der Waals surface area contributed by atoms with Crippen molar-refractivity contribution in [2.75, 3.05) is 13.1 Å². The Balaban J connectivity index is 1.39. The summed E-state index contributed by atoms with van der Waals surface area (Å²) in [6.45, 7) is 2.70. The van der Waals surface area contributed by atoms with Gasteiger partial charge < -0.3 is 9.84 Å². The van der Waals surface area contributed by atoms with Crippen molar-refractivity contribution in [3.8, 4) is 0 Å². The normalized spacial score (nSPS) is 21.7. The zero-order chi connectivity index (χ0) is 15.6. The lowest BCUT2D eigenvalue weighted by molar-refractivity contribution is 0.0937. The zero-order valence-corrected chi connectivity index (χ0v) is 12.9. The van der Waals surface area contributed by atoms with Gasteiger partial charge in [-0.2, -0.15) is 10.1 Å². The van der Waals surface area contributed by atoms with Crippen LogP contribution in [0.5, 0.6) is 0 Å². The number of carbonyl (C=O) groups is 1. The van der Waals surface area contributed by atoms with Gasteiger partial charge in [-0.15, -0.1) is 0 Å². The van der Waals surface area contributed by atoms with E-state index in [1.807, 2.05) is 16.9 Å². The predicted molar refractivity (Wildman–Crippen MR) is 80.6 cm³/mol. The first-order valence-electron chi connectivity index (χ1n) is 8.15. The molecule has 2 aromatic heterocycles. The molecule has 8 nitrogen and oxygen atoms in total. The van der Waals surface area contributed by atoms with Gasteiger partial charge in [0.2, 0.25) is 5.89 Å². The average Bonchev–Trinajstić information content (AvgIpc) is 3.05. The van der Waals surface area contributed by atoms with Crippen molar-refractivity contribution in [2.45, 2.75) is 44.3 Å². The van der Waals surface area contributed by atoms with E-state index in [4.69, 9.17) is 4.52 Å². The second-order valence-corrected chi connectivity index (χ2v) is 6.17. The predicted octanol–water partition coefficient (Wildman–Crippen LogP) is 0.995. The summed E-state index contributed by atoms with van der Waals surface area (Å²) in [7, 11) is 0. The van der Waals surface area contributed by atoms with Crippen LogP contribution in [0.2, 0.25) is 0 Å². The van der Waals surface area contributed by atoms with Gasteiger partial charge in [-0.1, -0.05) is 5.16 Å². The number of likely N-dealkylation sites (tertiary alicyclic amines) is 1. The van der Waals surface area contributed by atoms with Crippen molar-refractivity contribution in [3.63, 3.8) is 0 Å². The highest BCUT2D eigenvalue weighted by molar-refractivity contribution is 5.90. The fourth-order valence-corrected chi connectivity index (χ4v) is 2.98. The molecule has 1 saturated heterocycles. The molecular formula is C15H20N6O2. The third-order valence-electron chi connectivity index (χ3n) is 4.38. The summed E-state index contributed by atoms with van der Waals surface area (Å²) < 4.78 is 7.27. The van der Waals surface area contributed by atoms with E-state index in [2.05, 4.69) is 25.5 Å². The standard InChI is InChI=1S/C15H20N6O2/c22-14(17-11-4-5-11)13-18-15(23-19-13)12-3-1-7-20(12)9-10-21-8-2-6-16-21/h2,6,8,11-12H,1,3-5,7,9-10H2,(H,17,22)/t12-/m0/s1. The molecule has 0 unspecified atom stereocenters. The summed E-state index contributed by atoms with van der Waals surface area (Å²) in [6, 6.07) is 2.31. The largest absolute Gasteiger partial charge is 0.346 e. The Morgan fingerprint density at radius 2 is 2.26 bits per heavy atom. The molecule has 0 spiro atoms. The molecule has 1 saturated carbocycles. The Kier molecular flexibility index (Phi) is 3.82. The van der Waals surface area contributed by atoms with Gasteiger partial charge in [0.05, 0.1) is 12.6 Å². The monoisotopic (exact) mass is 316 g/mol. The van der Waals surface area contributed by atoms with Gasteiger partial charge in [0.1, 0.15) is 0 Å². The highest BCUT2D eigenvalue weighted by Gasteiger charge is 2.32. The second-order valence-electron chi connectivity index (χ2n) is 6.17. The van der Waals surface area contributed by atoms with Gasteiger partial charge in [-0.05, 0) is 38.3 Å². The van der Waals surface area contributed by atoms with E-state index in [9.17, 15) is 4.79 Å². The van der Waals surface area contributed by atoms with Crippen LogP contribution in [0.25, 0.3) is 0 Å². The maximum Gasteiger partial charge on any atom is 0.292 e. The summed E-state index contributed by atoms with van der Waals surface area (Å²) in [5.41, 5.74) is 0. The van der Waals surface area contributed by atoms with E-state index in [1.54, 1.807) is 6.20 Å². The third kappa shape index (κ3) is 3.26. The minimum atomic E-state index is -0.233. The first-order chi connectivity index (χ1) is 11.3. The Morgan fingerprint density at radius 1 is 1.35 bits per heavy atom. The van der Waals surface area contributed by atoms with E-state index in [1.165, 1.54) is 0 Å². The molecule has 1 atom stereocenters. The Hall–Kier alpha value is -2.22. The van der Waals surface area contributed by atoms with Gasteiger partial charge in [0.15, 0.2) is 0 Å². The third-order valence-corrected chi connectivity index (χ3v) is 4.38. The molecule has 1 aliphatic heterocycles. The van der Waals surface area contributed by atoms with Crippen LogP contribution in [0.3, 0.4) is 0 Å². The van der Waals surface area contributed by atoms with Crippen molar-refractivity contribution in [3.05, 3.63) is 30.2 Å². The zero-order valence-electron chi connectivity index (χ0n) is 12.9. The summed E-state index contributed by atoms with van der Waals surface area (Å²) in [5, 5.41) is 10.9. The molecule has 2 aromatic rings. The van der Waals surface area contributed by atoms with Crippen LogP contribution in [-0.4, -0.2) is 49.9 Å². The first kappa shape index (κ1) is 14.4. The van der Waals surface area contributed by atoms with Crippen molar-refractivity contribution in [1.29, 1.82) is 0 Å². The molecule has 4 rings (SSSR count). The molecule has 23 heavy (non-hydrogen) atoms. The highest BCUT2D eigenvalue weighted by atomic mass is 16.5. The molecule has 0 radical (unpaired) electrons. The van der Waals surface area contributed by atoms with Gasteiger partial charge in [-0.25, -0.2) is 0 Å². The van der Waals surface area contributed by atoms with Crippen molar-refractivity contribution in [1.82, 2.24) is 30.1 Å². The molecule has 1 aliphatic carbocycles. The van der Waals surface area contributed by atoms with E-state index >= 15 is 0 Å². The molecule has 3 heterocycles. The van der Waals surface area contributed by atoms with E-state index in [-0.39, 0.29) is 17.8 Å². The van der Waals surface area contributed by atoms with Crippen LogP contribution in [0, 0.1) is 0 Å². The minimum Gasteiger partial charge on any atom is -0.346 e. The summed E-state index contributed by atoms with van der Waals surface area (Å²) >= 11 is 0. The van der Waals surface area contributed by atoms with Crippen LogP contribution in [0.1, 0.15) is 48.2 Å². The van der Waals surface area contributed by atoms with E-state index in [0.29, 0.717) is 11.9 Å². The minimum absolute atomic E-state index is 0.0977. The lowest BCUT2D eigenvalue weighted by atomic mass is 10.2. The van der Waals surface area contributed by atoms with Crippen molar-refractivity contribution >= 4 is 5.91 Å². The molecule has 122 valence electrons. The van der Waals surface area contributed by atoms with Crippen LogP contribution in [0.4, 0.5) is 0 Å². The van der Waals surface area contributed by atoms with Crippen LogP contribution < -0.4 is 5.32 Å². The molecular weight excluding hydrogens is 296 g/mol. The Morgan fingerprint density at radius 3 is 3.04 bits per heavy atom. The lowest BCUT2D eigenvalue weighted by Crippen LogP contribution is -2.28. The molecule has 2 aliphatic rings. The van der Waals surface area contributed by atoms with Gasteiger partial charge in [-0.3, -0.25) is 14.4 Å². The number of aromatic nitrogens is 4. The number of nitrogens with zero attached hydrogens (tertiary/aromatic N) is 5. The van der Waals surface area contributed by atoms with Gasteiger partial charge >= 0.3 is 0 Å². The number of nitrogens with one attached hydrogen (secondary N) is 1. The number of carbonyl (C=O) groups excluding carboxylic acids is 1. The molecule has 2 fully saturated rings. The van der Waals surface area contributed by atoms with Crippen molar-refractivity contribution < 1.29 is 9.32 Å². The SMILES string of the molecule is O=C(NC1CC1)c1noc([C@@H]2CCCN2CCn2cccn2)n1. The van der Waals surface area contributed by atoms with Gasteiger partial charge in [0, 0.05) is 25.0 Å². The number of rotatable bonds is 6. The highest BCUT2D eigenvalue weighted by Crippen LogP contribution is 2.30. The Bertz CT molecular complexity index is 663. The molecule has 1 N–H and O–H groups in total. The summed E-state index contributed by atoms with van der Waals surface area (Å²) in [4.78, 5) is 18.6. The molecule has 8 heteroatoms. The molecule has 1 amide bonds. The van der Waals surface area contributed by atoms with Crippen LogP contribution in [0.15, 0.2) is 23.0 Å². The Labute approximate surface area is 133 Å². The van der Waals surface area contributed by atoms with E-state index < -0.39 is 0 Å². The summed E-state index contributed by atoms with van der Waals surface area (Å²) in [5.74, 6) is 0.457. The quantitative estimate of drug-likeness (QED) is 0.855. The number of amides is 1. The lowest BCUT2D eigenvalue weighted by Gasteiger charge is -2.21. The topological polar surface area (TPSA) is 89.1 Å². The fraction of sp³-hybridized carbons (Fsp3) is 0.600. The van der Waals surface area contributed by atoms with Crippen molar-refractivity contribution in [2.24, 2.45) is 0 Å². The van der Waals surface area contributed by atoms with E-state index in [0.717, 1.165) is 45.3 Å². The molecule has 0 bridgehead atoms. The number of hydrogen-bond acceptors (Lipinski definition) is 6. The van der Waals surface area contributed by atoms with Gasteiger partial charge in [0.25, 0.3) is 11.7 Å². The fourth-order valence-electron chi connectivity index (χ4n) is 2.98. The first-order valence-corrected chi connectivity index (χ1v) is 8.15. The van der Waals surface area contributed by atoms with Crippen LogP contribution >= 0.6 is 0 Å². The maximum atomic E-state index is 12.0. The van der Waals surface area contributed by atoms with Crippen LogP contribution in [-0.2, 0) is 6.54 Å². The maximum absolute atomic E-state index is 12.0. The smallest absolute Gasteiger partial charge is 0.292 e. The summed E-state index contributed by atoms with van der Waals surface area (Å²) in [6.07, 6.45) is 7.89. The number of hydrogen-bond donors (Lipinski definition) is 1. The average molecular weight is 316 g/mol.